The van der Waals surface area contributed by atoms with Crippen molar-refractivity contribution in [1.29, 1.82) is 0 Å². The molecule has 0 atom stereocenters. The van der Waals surface area contributed by atoms with Crippen LogP contribution in [0.15, 0.2) is 12.3 Å². The second kappa shape index (κ2) is 3.75. The Balaban J connectivity index is 3.02. The molecular weight excluding hydrogens is 257 g/mol. The Bertz CT molecular complexity index is 252. The highest BCUT2D eigenvalue weighted by Gasteiger charge is 2.01. The van der Waals surface area contributed by atoms with Crippen LogP contribution in [0.25, 0.3) is 0 Å². The Hall–Kier alpha value is -0.520. The third-order valence-corrected chi connectivity index (χ3v) is 2.05. The van der Waals surface area contributed by atoms with Crippen LogP contribution < -0.4 is 9.47 Å². The normalized spacial score (nSPS) is 9.36. The number of ether oxygens (including phenoxy) is 2. The van der Waals surface area contributed by atoms with Crippen molar-refractivity contribution in [3.63, 3.8) is 0 Å². The number of aromatic nitrogens is 1. The first-order valence-corrected chi connectivity index (χ1v) is 4.09. The van der Waals surface area contributed by atoms with E-state index in [0.29, 0.717) is 5.75 Å². The van der Waals surface area contributed by atoms with Gasteiger partial charge in [0.2, 0.25) is 0 Å². The van der Waals surface area contributed by atoms with Crippen molar-refractivity contribution in [2.45, 2.75) is 0 Å². The van der Waals surface area contributed by atoms with E-state index in [0.717, 1.165) is 9.45 Å². The van der Waals surface area contributed by atoms with Gasteiger partial charge in [-0.15, -0.1) is 0 Å². The molecule has 0 saturated carbocycles. The van der Waals surface area contributed by atoms with E-state index in [1.807, 2.05) is 0 Å². The monoisotopic (exact) mass is 265 g/mol. The van der Waals surface area contributed by atoms with Crippen LogP contribution in [0.3, 0.4) is 0 Å². The number of nitrogens with zero attached hydrogens (tertiary/aromatic N) is 1. The minimum atomic E-state index is 0.710. The first-order valence-electron chi connectivity index (χ1n) is 3.01. The summed E-state index contributed by atoms with van der Waals surface area (Å²) in [5.41, 5.74) is 0. The summed E-state index contributed by atoms with van der Waals surface area (Å²) in [5, 5.41) is 0. The number of pyridine rings is 1. The van der Waals surface area contributed by atoms with Crippen molar-refractivity contribution in [3.8, 4) is 11.5 Å². The van der Waals surface area contributed by atoms with Gasteiger partial charge in [-0.1, -0.05) is 0 Å². The molecule has 0 spiro atoms. The number of hydrogen-bond donors (Lipinski definition) is 0. The molecule has 0 N–H and O–H groups in total. The average Bonchev–Trinajstić information content (AvgIpc) is 2.05. The Labute approximate surface area is 78.9 Å². The van der Waals surface area contributed by atoms with Gasteiger partial charge in [0, 0.05) is 6.07 Å². The summed E-state index contributed by atoms with van der Waals surface area (Å²) in [6.45, 7) is 0. The lowest BCUT2D eigenvalue weighted by molar-refractivity contribution is 0.388. The molecule has 0 aliphatic carbocycles. The van der Waals surface area contributed by atoms with Crippen LogP contribution in [0, 0.1) is 3.70 Å². The van der Waals surface area contributed by atoms with E-state index in [2.05, 4.69) is 27.6 Å². The lowest BCUT2D eigenvalue weighted by atomic mass is 10.4. The van der Waals surface area contributed by atoms with Gasteiger partial charge in [0.25, 0.3) is 0 Å². The van der Waals surface area contributed by atoms with Crippen LogP contribution in [-0.2, 0) is 0 Å². The second-order valence-corrected chi connectivity index (χ2v) is 2.89. The van der Waals surface area contributed by atoms with Crippen LogP contribution in [0.2, 0.25) is 0 Å². The molecule has 0 aliphatic rings. The molecule has 0 unspecified atom stereocenters. The summed E-state index contributed by atoms with van der Waals surface area (Å²) in [5.74, 6) is 1.45. The average molecular weight is 265 g/mol. The van der Waals surface area contributed by atoms with Gasteiger partial charge in [-0.2, -0.15) is 0 Å². The molecule has 0 bridgehead atoms. The van der Waals surface area contributed by atoms with Crippen molar-refractivity contribution in [3.05, 3.63) is 16.0 Å². The van der Waals surface area contributed by atoms with E-state index in [-0.39, 0.29) is 0 Å². The molecule has 0 radical (unpaired) electrons. The SMILES string of the molecule is COc1cnc(I)c(OC)c1. The second-order valence-electron chi connectivity index (χ2n) is 1.87. The summed E-state index contributed by atoms with van der Waals surface area (Å²) in [6.07, 6.45) is 1.66. The van der Waals surface area contributed by atoms with Crippen LogP contribution in [0.1, 0.15) is 0 Å². The smallest absolute Gasteiger partial charge is 0.154 e. The number of methoxy groups -OCH3 is 2. The lowest BCUT2D eigenvalue weighted by Crippen LogP contribution is -1.91. The van der Waals surface area contributed by atoms with Gasteiger partial charge >= 0.3 is 0 Å². The fraction of sp³-hybridized carbons (Fsp3) is 0.286. The molecule has 1 heterocycles. The topological polar surface area (TPSA) is 31.4 Å². The molecule has 0 aromatic carbocycles. The summed E-state index contributed by atoms with van der Waals surface area (Å²) < 4.78 is 10.8. The molecule has 3 nitrogen and oxygen atoms in total. The highest BCUT2D eigenvalue weighted by atomic mass is 127. The van der Waals surface area contributed by atoms with Crippen molar-refractivity contribution >= 4 is 22.6 Å². The number of hydrogen-bond acceptors (Lipinski definition) is 3. The van der Waals surface area contributed by atoms with Crippen LogP contribution in [0.4, 0.5) is 0 Å². The molecule has 0 amide bonds. The van der Waals surface area contributed by atoms with Gasteiger partial charge in [0.05, 0.1) is 20.4 Å². The van der Waals surface area contributed by atoms with Gasteiger partial charge < -0.3 is 9.47 Å². The minimum Gasteiger partial charge on any atom is -0.495 e. The maximum atomic E-state index is 5.04. The van der Waals surface area contributed by atoms with Crippen molar-refractivity contribution in [1.82, 2.24) is 4.98 Å². The van der Waals surface area contributed by atoms with Gasteiger partial charge in [-0.05, 0) is 22.6 Å². The van der Waals surface area contributed by atoms with Crippen LogP contribution in [-0.4, -0.2) is 19.2 Å². The third-order valence-electron chi connectivity index (χ3n) is 1.24. The summed E-state index contributed by atoms with van der Waals surface area (Å²) in [6, 6.07) is 1.80. The number of rotatable bonds is 2. The first kappa shape index (κ1) is 8.58. The molecule has 0 aliphatic heterocycles. The van der Waals surface area contributed by atoms with Crippen molar-refractivity contribution in [2.75, 3.05) is 14.2 Å². The lowest BCUT2D eigenvalue weighted by Gasteiger charge is -2.03. The van der Waals surface area contributed by atoms with Crippen LogP contribution >= 0.6 is 22.6 Å². The molecule has 0 fully saturated rings. The van der Waals surface area contributed by atoms with E-state index in [1.165, 1.54) is 0 Å². The summed E-state index contributed by atoms with van der Waals surface area (Å²) >= 11 is 2.10. The summed E-state index contributed by atoms with van der Waals surface area (Å²) in [7, 11) is 3.21. The van der Waals surface area contributed by atoms with Crippen molar-refractivity contribution < 1.29 is 9.47 Å². The highest BCUT2D eigenvalue weighted by molar-refractivity contribution is 14.1. The molecule has 1 aromatic rings. The Morgan fingerprint density at radius 2 is 2.09 bits per heavy atom. The molecule has 1 rings (SSSR count). The Morgan fingerprint density at radius 1 is 1.36 bits per heavy atom. The van der Waals surface area contributed by atoms with Crippen molar-refractivity contribution in [2.24, 2.45) is 0 Å². The molecule has 60 valence electrons. The largest absolute Gasteiger partial charge is 0.495 e. The van der Waals surface area contributed by atoms with E-state index in [4.69, 9.17) is 9.47 Å². The first-order chi connectivity index (χ1) is 5.27. The Kier molecular flexibility index (Phi) is 2.92. The quantitative estimate of drug-likeness (QED) is 0.602. The zero-order chi connectivity index (χ0) is 8.27. The van der Waals surface area contributed by atoms with Gasteiger partial charge in [-0.3, -0.25) is 0 Å². The fourth-order valence-electron chi connectivity index (χ4n) is 0.665. The maximum absolute atomic E-state index is 5.04. The molecule has 4 heteroatoms. The van der Waals surface area contributed by atoms with Crippen LogP contribution in [0.5, 0.6) is 11.5 Å². The zero-order valence-corrected chi connectivity index (χ0v) is 8.45. The molecule has 11 heavy (non-hydrogen) atoms. The van der Waals surface area contributed by atoms with E-state index in [1.54, 1.807) is 26.5 Å². The van der Waals surface area contributed by atoms with E-state index >= 15 is 0 Å². The third kappa shape index (κ3) is 1.95. The van der Waals surface area contributed by atoms with Gasteiger partial charge in [0.15, 0.2) is 5.75 Å². The van der Waals surface area contributed by atoms with Gasteiger partial charge in [-0.25, -0.2) is 4.98 Å². The maximum Gasteiger partial charge on any atom is 0.154 e. The minimum absolute atomic E-state index is 0.710. The highest BCUT2D eigenvalue weighted by Crippen LogP contribution is 2.22. The molecule has 1 aromatic heterocycles. The van der Waals surface area contributed by atoms with E-state index < -0.39 is 0 Å². The number of halogens is 1. The Morgan fingerprint density at radius 3 is 2.64 bits per heavy atom. The predicted molar refractivity (Wildman–Crippen MR) is 50.1 cm³/mol. The molecular formula is C7H8INO2. The fourth-order valence-corrected chi connectivity index (χ4v) is 1.18. The standard InChI is InChI=1S/C7H8INO2/c1-10-5-3-6(11-2)7(8)9-4-5/h3-4H,1-2H3. The predicted octanol–water partition coefficient (Wildman–Crippen LogP) is 1.70. The zero-order valence-electron chi connectivity index (χ0n) is 6.30. The van der Waals surface area contributed by atoms with E-state index in [9.17, 15) is 0 Å². The van der Waals surface area contributed by atoms with Gasteiger partial charge in [0.1, 0.15) is 9.45 Å². The summed E-state index contributed by atoms with van der Waals surface area (Å²) in [4.78, 5) is 4.06. The molecule has 0 saturated heterocycles.